The Labute approximate surface area is 167 Å². The number of anilines is 1. The van der Waals surface area contributed by atoms with E-state index < -0.39 is 29.2 Å². The van der Waals surface area contributed by atoms with Gasteiger partial charge in [-0.2, -0.15) is 0 Å². The van der Waals surface area contributed by atoms with Crippen molar-refractivity contribution in [2.75, 3.05) is 11.5 Å². The molecule has 27 heavy (non-hydrogen) atoms. The number of amides is 2. The van der Waals surface area contributed by atoms with Gasteiger partial charge in [-0.3, -0.25) is 14.5 Å². The Morgan fingerprint density at radius 3 is 2.74 bits per heavy atom. The number of hydrogen-bond acceptors (Lipinski definition) is 9. The Bertz CT molecular complexity index is 883. The van der Waals surface area contributed by atoms with Crippen LogP contribution in [-0.4, -0.2) is 60.9 Å². The summed E-state index contributed by atoms with van der Waals surface area (Å²) in [4.78, 5) is 41.2. The predicted octanol–water partition coefficient (Wildman–Crippen LogP) is 0.250. The second-order valence-corrected chi connectivity index (χ2v) is 7.26. The summed E-state index contributed by atoms with van der Waals surface area (Å²) in [5, 5.41) is 24.9. The van der Waals surface area contributed by atoms with E-state index in [1.165, 1.54) is 23.2 Å². The van der Waals surface area contributed by atoms with Crippen LogP contribution in [-0.2, 0) is 14.4 Å². The van der Waals surface area contributed by atoms with Gasteiger partial charge in [0.15, 0.2) is 10.8 Å². The molecule has 2 aliphatic rings. The largest absolute Gasteiger partial charge is 0.477 e. The van der Waals surface area contributed by atoms with E-state index in [2.05, 4.69) is 22.0 Å². The molecule has 1 saturated heterocycles. The van der Waals surface area contributed by atoms with Gasteiger partial charge in [0.2, 0.25) is 0 Å². The number of nitrogens with zero attached hydrogens (tertiary/aromatic N) is 3. The number of nitrogens with one attached hydrogen (secondary N) is 1. The molecule has 2 amide bonds. The second-order valence-electron chi connectivity index (χ2n) is 5.26. The lowest BCUT2D eigenvalue weighted by atomic mass is 10.0. The van der Waals surface area contributed by atoms with Gasteiger partial charge in [0.05, 0.1) is 0 Å². The fraction of sp³-hybridized carbons (Fsp3) is 0.214. The fourth-order valence-corrected chi connectivity index (χ4v) is 4.51. The van der Waals surface area contributed by atoms with Gasteiger partial charge >= 0.3 is 5.97 Å². The number of aromatic nitrogens is 1. The van der Waals surface area contributed by atoms with Crippen molar-refractivity contribution in [1.29, 1.82) is 0 Å². The molecule has 13 heteroatoms. The zero-order valence-electron chi connectivity index (χ0n) is 13.5. The number of carbonyl (C=O) groups is 3. The van der Waals surface area contributed by atoms with Crippen LogP contribution in [0.4, 0.5) is 5.13 Å². The van der Waals surface area contributed by atoms with E-state index in [1.807, 2.05) is 0 Å². The van der Waals surface area contributed by atoms with Crippen molar-refractivity contribution in [2.45, 2.75) is 11.4 Å². The first kappa shape index (κ1) is 20.7. The lowest BCUT2D eigenvalue weighted by Gasteiger charge is -2.49. The average Bonchev–Trinajstić information content (AvgIpc) is 3.04. The molecule has 2 aliphatic heterocycles. The summed E-state index contributed by atoms with van der Waals surface area (Å²) in [6.07, 6.45) is 1.40. The van der Waals surface area contributed by atoms with Crippen LogP contribution in [0.15, 0.2) is 34.5 Å². The summed E-state index contributed by atoms with van der Waals surface area (Å²) in [6, 6.07) is -0.944. The standard InChI is InChI=1S/C14H13N5O5S2.ClH/c1-2-5-3-25-12-8(11(21)19(12)9(5)13(22)23)17-10(20)7(18-24)6-4-26-14(15)16-6;/h2,4,8,12,24H,1,3H2,(H2,15,16)(H,17,20)(H,22,23);1H/b18-7-;. The number of carbonyl (C=O) groups excluding carboxylic acids is 2. The molecule has 3 rings (SSSR count). The van der Waals surface area contributed by atoms with Gasteiger partial charge < -0.3 is 21.4 Å². The molecule has 0 saturated carbocycles. The minimum absolute atomic E-state index is 0. The zero-order chi connectivity index (χ0) is 19.0. The molecule has 1 fully saturated rings. The highest BCUT2D eigenvalue weighted by Gasteiger charge is 2.54. The molecule has 0 aliphatic carbocycles. The van der Waals surface area contributed by atoms with E-state index in [9.17, 15) is 19.5 Å². The number of nitrogens with two attached hydrogens (primary N) is 1. The van der Waals surface area contributed by atoms with Gasteiger partial charge in [-0.1, -0.05) is 17.8 Å². The number of fused-ring (bicyclic) bond motifs is 1. The van der Waals surface area contributed by atoms with Crippen LogP contribution in [0.3, 0.4) is 0 Å². The predicted molar refractivity (Wildman–Crippen MR) is 102 cm³/mol. The molecule has 144 valence electrons. The molecule has 5 N–H and O–H groups in total. The quantitative estimate of drug-likeness (QED) is 0.223. The normalized spacial score (nSPS) is 21.7. The number of allylic oxidation sites excluding steroid dienone is 1. The first-order valence-electron chi connectivity index (χ1n) is 7.16. The number of hydrogen-bond donors (Lipinski definition) is 4. The topological polar surface area (TPSA) is 158 Å². The summed E-state index contributed by atoms with van der Waals surface area (Å²) in [7, 11) is 0. The van der Waals surface area contributed by atoms with Gasteiger partial charge in [-0.15, -0.1) is 35.5 Å². The maximum Gasteiger partial charge on any atom is 0.352 e. The monoisotopic (exact) mass is 431 g/mol. The highest BCUT2D eigenvalue weighted by Crippen LogP contribution is 2.40. The van der Waals surface area contributed by atoms with Gasteiger partial charge in [0.25, 0.3) is 11.8 Å². The lowest BCUT2D eigenvalue weighted by molar-refractivity contribution is -0.150. The minimum Gasteiger partial charge on any atom is -0.477 e. The summed E-state index contributed by atoms with van der Waals surface area (Å²) in [6.45, 7) is 3.56. The van der Waals surface area contributed by atoms with Crippen molar-refractivity contribution in [3.63, 3.8) is 0 Å². The van der Waals surface area contributed by atoms with E-state index in [0.29, 0.717) is 11.3 Å². The molecule has 1 aromatic rings. The van der Waals surface area contributed by atoms with E-state index in [0.717, 1.165) is 16.2 Å². The summed E-state index contributed by atoms with van der Waals surface area (Å²) >= 11 is 2.37. The Morgan fingerprint density at radius 2 is 2.22 bits per heavy atom. The summed E-state index contributed by atoms with van der Waals surface area (Å²) in [5.41, 5.74) is 5.49. The van der Waals surface area contributed by atoms with Crippen molar-refractivity contribution >= 4 is 64.1 Å². The van der Waals surface area contributed by atoms with E-state index in [-0.39, 0.29) is 34.6 Å². The van der Waals surface area contributed by atoms with Crippen LogP contribution < -0.4 is 11.1 Å². The molecular weight excluding hydrogens is 418 g/mol. The average molecular weight is 432 g/mol. The van der Waals surface area contributed by atoms with Crippen LogP contribution in [0.1, 0.15) is 5.69 Å². The Balaban J connectivity index is 0.00000261. The van der Waals surface area contributed by atoms with Crippen LogP contribution >= 0.6 is 35.5 Å². The molecule has 0 spiro atoms. The van der Waals surface area contributed by atoms with Gasteiger partial charge in [-0.05, 0) is 5.57 Å². The molecule has 2 atom stereocenters. The van der Waals surface area contributed by atoms with Crippen molar-refractivity contribution < 1.29 is 24.7 Å². The van der Waals surface area contributed by atoms with Gasteiger partial charge in [0.1, 0.15) is 22.8 Å². The van der Waals surface area contributed by atoms with Crippen molar-refractivity contribution in [2.24, 2.45) is 5.16 Å². The number of carboxylic acids is 1. The zero-order valence-corrected chi connectivity index (χ0v) is 15.9. The Kier molecular flexibility index (Phi) is 6.13. The number of carboxylic acid groups (broad SMARTS) is 1. The smallest absolute Gasteiger partial charge is 0.352 e. The number of rotatable bonds is 5. The SMILES string of the molecule is C=CC1=C(C(=O)O)N2C(=O)C(NC(=O)/C(=N\O)c3csc(N)n3)C2SC1.Cl. The molecule has 3 heterocycles. The fourth-order valence-electron chi connectivity index (χ4n) is 2.62. The van der Waals surface area contributed by atoms with Gasteiger partial charge in [-0.25, -0.2) is 9.78 Å². The molecule has 10 nitrogen and oxygen atoms in total. The molecular formula is C14H14ClN5O5S2. The first-order valence-corrected chi connectivity index (χ1v) is 9.09. The van der Waals surface area contributed by atoms with Crippen LogP contribution in [0.2, 0.25) is 0 Å². The molecule has 2 unspecified atom stereocenters. The maximum absolute atomic E-state index is 12.4. The second kappa shape index (κ2) is 7.98. The third-order valence-electron chi connectivity index (χ3n) is 3.81. The van der Waals surface area contributed by atoms with Crippen molar-refractivity contribution in [3.05, 3.63) is 35.0 Å². The number of thiazole rings is 1. The highest BCUT2D eigenvalue weighted by molar-refractivity contribution is 8.00. The number of aliphatic carboxylic acids is 1. The van der Waals surface area contributed by atoms with E-state index >= 15 is 0 Å². The third-order valence-corrected chi connectivity index (χ3v) is 5.79. The van der Waals surface area contributed by atoms with E-state index in [1.54, 1.807) is 0 Å². The Hall–Kier alpha value is -2.57. The van der Waals surface area contributed by atoms with Crippen molar-refractivity contribution in [1.82, 2.24) is 15.2 Å². The van der Waals surface area contributed by atoms with Crippen LogP contribution in [0.25, 0.3) is 0 Å². The maximum atomic E-state index is 12.4. The third kappa shape index (κ3) is 3.50. The van der Waals surface area contributed by atoms with Crippen LogP contribution in [0, 0.1) is 0 Å². The molecule has 0 bridgehead atoms. The minimum atomic E-state index is -1.24. The molecule has 0 aromatic carbocycles. The number of β-lactam (4-membered cyclic amide) rings is 1. The number of oxime groups is 1. The number of nitrogen functional groups attached to an aromatic ring is 1. The number of thioether (sulfide) groups is 1. The van der Waals surface area contributed by atoms with E-state index in [4.69, 9.17) is 10.9 Å². The molecule has 1 aromatic heterocycles. The summed E-state index contributed by atoms with van der Waals surface area (Å²) in [5.74, 6) is -2.27. The Morgan fingerprint density at radius 1 is 1.52 bits per heavy atom. The highest BCUT2D eigenvalue weighted by atomic mass is 35.5. The first-order chi connectivity index (χ1) is 12.4. The number of halogens is 1. The van der Waals surface area contributed by atoms with Crippen LogP contribution in [0.5, 0.6) is 0 Å². The molecule has 0 radical (unpaired) electrons. The summed E-state index contributed by atoms with van der Waals surface area (Å²) < 4.78 is 0. The lowest BCUT2D eigenvalue weighted by Crippen LogP contribution is -2.71. The van der Waals surface area contributed by atoms with Crippen molar-refractivity contribution in [3.8, 4) is 0 Å². The van der Waals surface area contributed by atoms with Gasteiger partial charge in [0, 0.05) is 11.1 Å².